The topological polar surface area (TPSA) is 70.2 Å². The Balaban J connectivity index is 1.68. The normalized spacial score (nSPS) is 29.4. The number of urea groups is 1. The lowest BCUT2D eigenvalue weighted by molar-refractivity contribution is -0.129. The summed E-state index contributed by atoms with van der Waals surface area (Å²) in [5.41, 5.74) is 0. The largest absolute Gasteiger partial charge is 0.450 e. The Morgan fingerprint density at radius 1 is 1.30 bits per heavy atom. The highest BCUT2D eigenvalue weighted by atomic mass is 16.6. The lowest BCUT2D eigenvalue weighted by Crippen LogP contribution is -2.44. The molecule has 3 saturated heterocycles. The number of fused-ring (bicyclic) bond motifs is 1. The van der Waals surface area contributed by atoms with E-state index in [0.717, 1.165) is 12.8 Å². The molecule has 0 saturated carbocycles. The highest BCUT2D eigenvalue weighted by molar-refractivity contribution is 6.05. The molecule has 0 aromatic rings. The predicted octanol–water partition coefficient (Wildman–Crippen LogP) is 0.644. The van der Waals surface area contributed by atoms with Crippen LogP contribution in [0.4, 0.5) is 9.59 Å². The third kappa shape index (κ3) is 1.92. The highest BCUT2D eigenvalue weighted by Gasteiger charge is 2.51. The van der Waals surface area contributed by atoms with Crippen LogP contribution in [0.1, 0.15) is 26.2 Å². The maximum absolute atomic E-state index is 12.3. The molecule has 0 bridgehead atoms. The van der Waals surface area contributed by atoms with Crippen molar-refractivity contribution in [2.75, 3.05) is 26.2 Å². The van der Waals surface area contributed by atoms with Crippen molar-refractivity contribution in [3.63, 3.8) is 0 Å². The maximum atomic E-state index is 12.3. The summed E-state index contributed by atoms with van der Waals surface area (Å²) in [6.45, 7) is 3.67. The number of carbonyl (C=O) groups is 3. The molecule has 3 aliphatic rings. The van der Waals surface area contributed by atoms with Gasteiger partial charge in [-0.25, -0.2) is 9.59 Å². The molecule has 20 heavy (non-hydrogen) atoms. The van der Waals surface area contributed by atoms with Gasteiger partial charge in [0.1, 0.15) is 6.04 Å². The SMILES string of the molecule is CCOC(=O)N1CC[C@H](N2C(=O)[C@H]3CCCN3C2=O)C1. The standard InChI is InChI=1S/C13H19N3O4/c1-2-20-13(19)14-7-5-9(8-14)16-11(17)10-4-3-6-15(10)12(16)18/h9-10H,2-8H2,1H3/t9-,10+/m0/s1. The Kier molecular flexibility index (Phi) is 3.27. The van der Waals surface area contributed by atoms with E-state index in [-0.39, 0.29) is 30.1 Å². The Bertz CT molecular complexity index is 431. The van der Waals surface area contributed by atoms with Gasteiger partial charge in [-0.05, 0) is 26.2 Å². The summed E-state index contributed by atoms with van der Waals surface area (Å²) in [7, 11) is 0. The van der Waals surface area contributed by atoms with Gasteiger partial charge in [0, 0.05) is 19.6 Å². The summed E-state index contributed by atoms with van der Waals surface area (Å²) in [6.07, 6.45) is 1.93. The summed E-state index contributed by atoms with van der Waals surface area (Å²) >= 11 is 0. The van der Waals surface area contributed by atoms with Gasteiger partial charge >= 0.3 is 12.1 Å². The first-order valence-corrected chi connectivity index (χ1v) is 7.19. The van der Waals surface area contributed by atoms with Crippen molar-refractivity contribution in [2.45, 2.75) is 38.3 Å². The van der Waals surface area contributed by atoms with Crippen LogP contribution in [0.2, 0.25) is 0 Å². The minimum absolute atomic E-state index is 0.0943. The fraction of sp³-hybridized carbons (Fsp3) is 0.769. The molecule has 7 nitrogen and oxygen atoms in total. The zero-order chi connectivity index (χ0) is 14.3. The number of hydrogen-bond donors (Lipinski definition) is 0. The Morgan fingerprint density at radius 3 is 2.80 bits per heavy atom. The molecule has 3 heterocycles. The molecule has 0 spiro atoms. The van der Waals surface area contributed by atoms with E-state index in [9.17, 15) is 14.4 Å². The van der Waals surface area contributed by atoms with Crippen molar-refractivity contribution in [1.29, 1.82) is 0 Å². The van der Waals surface area contributed by atoms with Crippen LogP contribution in [-0.2, 0) is 9.53 Å². The van der Waals surface area contributed by atoms with Gasteiger partial charge in [-0.1, -0.05) is 0 Å². The molecule has 0 aromatic heterocycles. The van der Waals surface area contributed by atoms with E-state index >= 15 is 0 Å². The predicted molar refractivity (Wildman–Crippen MR) is 69.0 cm³/mol. The number of amides is 4. The van der Waals surface area contributed by atoms with Crippen LogP contribution < -0.4 is 0 Å². The first-order valence-electron chi connectivity index (χ1n) is 7.19. The second-order valence-corrected chi connectivity index (χ2v) is 5.43. The molecular formula is C13H19N3O4. The Labute approximate surface area is 117 Å². The maximum Gasteiger partial charge on any atom is 0.409 e. The fourth-order valence-electron chi connectivity index (χ4n) is 3.31. The van der Waals surface area contributed by atoms with Crippen LogP contribution in [0, 0.1) is 0 Å². The summed E-state index contributed by atoms with van der Waals surface area (Å²) in [5.74, 6) is -0.0943. The molecule has 0 unspecified atom stereocenters. The second kappa shape index (κ2) is 4.96. The first-order chi connectivity index (χ1) is 9.63. The zero-order valence-electron chi connectivity index (χ0n) is 11.6. The van der Waals surface area contributed by atoms with E-state index in [1.807, 2.05) is 0 Å². The van der Waals surface area contributed by atoms with Crippen LogP contribution in [0.3, 0.4) is 0 Å². The third-order valence-electron chi connectivity index (χ3n) is 4.28. The number of nitrogens with zero attached hydrogens (tertiary/aromatic N) is 3. The van der Waals surface area contributed by atoms with Crippen LogP contribution >= 0.6 is 0 Å². The van der Waals surface area contributed by atoms with Gasteiger partial charge in [-0.15, -0.1) is 0 Å². The van der Waals surface area contributed by atoms with Gasteiger partial charge < -0.3 is 14.5 Å². The van der Waals surface area contributed by atoms with Crippen LogP contribution in [0.5, 0.6) is 0 Å². The molecule has 0 radical (unpaired) electrons. The summed E-state index contributed by atoms with van der Waals surface area (Å²) in [6, 6.07) is -0.655. The summed E-state index contributed by atoms with van der Waals surface area (Å²) < 4.78 is 4.95. The molecule has 0 aromatic carbocycles. The van der Waals surface area contributed by atoms with Gasteiger partial charge in [0.05, 0.1) is 12.6 Å². The van der Waals surface area contributed by atoms with Gasteiger partial charge in [-0.3, -0.25) is 9.69 Å². The molecular weight excluding hydrogens is 262 g/mol. The number of likely N-dealkylation sites (tertiary alicyclic amines) is 1. The Hall–Kier alpha value is -1.79. The summed E-state index contributed by atoms with van der Waals surface area (Å²) in [4.78, 5) is 40.9. The average molecular weight is 281 g/mol. The van der Waals surface area contributed by atoms with Gasteiger partial charge in [0.25, 0.3) is 5.91 Å². The second-order valence-electron chi connectivity index (χ2n) is 5.43. The monoisotopic (exact) mass is 281 g/mol. The van der Waals surface area contributed by atoms with E-state index < -0.39 is 0 Å². The Morgan fingerprint density at radius 2 is 2.10 bits per heavy atom. The first kappa shape index (κ1) is 13.2. The third-order valence-corrected chi connectivity index (χ3v) is 4.28. The molecule has 4 amide bonds. The van der Waals surface area contributed by atoms with Crippen LogP contribution in [0.25, 0.3) is 0 Å². The molecule has 3 aliphatic heterocycles. The number of rotatable bonds is 2. The van der Waals surface area contributed by atoms with E-state index in [4.69, 9.17) is 4.74 Å². The highest BCUT2D eigenvalue weighted by Crippen LogP contribution is 2.31. The van der Waals surface area contributed by atoms with Crippen molar-refractivity contribution in [3.8, 4) is 0 Å². The molecule has 7 heteroatoms. The molecule has 3 rings (SSSR count). The number of hydrogen-bond acceptors (Lipinski definition) is 4. The lowest BCUT2D eigenvalue weighted by atomic mass is 10.2. The minimum Gasteiger partial charge on any atom is -0.450 e. The quantitative estimate of drug-likeness (QED) is 0.697. The lowest BCUT2D eigenvalue weighted by Gasteiger charge is -2.22. The average Bonchev–Trinajstić information content (AvgIpc) is 3.11. The minimum atomic E-state index is -0.366. The zero-order valence-corrected chi connectivity index (χ0v) is 11.6. The van der Waals surface area contributed by atoms with E-state index in [1.165, 1.54) is 4.90 Å². The van der Waals surface area contributed by atoms with E-state index in [1.54, 1.807) is 16.7 Å². The van der Waals surface area contributed by atoms with Crippen molar-refractivity contribution >= 4 is 18.0 Å². The van der Waals surface area contributed by atoms with Crippen molar-refractivity contribution in [3.05, 3.63) is 0 Å². The molecule has 2 atom stereocenters. The molecule has 110 valence electrons. The van der Waals surface area contributed by atoms with Crippen molar-refractivity contribution in [2.24, 2.45) is 0 Å². The number of imide groups is 1. The molecule has 0 N–H and O–H groups in total. The van der Waals surface area contributed by atoms with Gasteiger partial charge in [-0.2, -0.15) is 0 Å². The summed E-state index contributed by atoms with van der Waals surface area (Å²) in [5, 5.41) is 0. The number of carbonyl (C=O) groups excluding carboxylic acids is 3. The van der Waals surface area contributed by atoms with Crippen molar-refractivity contribution < 1.29 is 19.1 Å². The smallest absolute Gasteiger partial charge is 0.409 e. The van der Waals surface area contributed by atoms with E-state index in [2.05, 4.69) is 0 Å². The van der Waals surface area contributed by atoms with Crippen molar-refractivity contribution in [1.82, 2.24) is 14.7 Å². The molecule has 3 fully saturated rings. The van der Waals surface area contributed by atoms with Gasteiger partial charge in [0.2, 0.25) is 0 Å². The van der Waals surface area contributed by atoms with Crippen LogP contribution in [-0.4, -0.2) is 71.1 Å². The van der Waals surface area contributed by atoms with E-state index in [0.29, 0.717) is 32.7 Å². The van der Waals surface area contributed by atoms with Crippen LogP contribution in [0.15, 0.2) is 0 Å². The number of ether oxygens (including phenoxy) is 1. The molecule has 0 aliphatic carbocycles. The van der Waals surface area contributed by atoms with Gasteiger partial charge in [0.15, 0.2) is 0 Å². The fourth-order valence-corrected chi connectivity index (χ4v) is 3.31.